The van der Waals surface area contributed by atoms with E-state index in [1.165, 1.54) is 0 Å². The van der Waals surface area contributed by atoms with Crippen LogP contribution in [-0.4, -0.2) is 38.3 Å². The summed E-state index contributed by atoms with van der Waals surface area (Å²) in [5.41, 5.74) is -0.407. The number of H-pyrrole nitrogens is 2. The third kappa shape index (κ3) is 1.57. The number of aromatic nitrogens is 5. The van der Waals surface area contributed by atoms with Gasteiger partial charge in [-0.2, -0.15) is 0 Å². The van der Waals surface area contributed by atoms with Crippen molar-refractivity contribution in [3.63, 3.8) is 0 Å². The minimum Gasteiger partial charge on any atom is -0.317 e. The van der Waals surface area contributed by atoms with E-state index in [1.807, 2.05) is 0 Å². The summed E-state index contributed by atoms with van der Waals surface area (Å²) in [6, 6.07) is 0.129. The van der Waals surface area contributed by atoms with Crippen LogP contribution < -0.4 is 16.4 Å². The molecule has 3 heterocycles. The molecule has 17 heavy (non-hydrogen) atoms. The van der Waals surface area contributed by atoms with Gasteiger partial charge >= 0.3 is 0 Å². The van der Waals surface area contributed by atoms with Crippen molar-refractivity contribution in [2.75, 3.05) is 13.1 Å². The maximum Gasteiger partial charge on any atom is 0.292 e. The minimum atomic E-state index is -0.417. The SMILES string of the molecule is O=c1[nH][nH]c(=O)c2c1nnn2C1CCNCC1. The van der Waals surface area contributed by atoms with Crippen molar-refractivity contribution >= 4 is 11.0 Å². The summed E-state index contributed by atoms with van der Waals surface area (Å²) in [5.74, 6) is 0. The van der Waals surface area contributed by atoms with Gasteiger partial charge in [-0.1, -0.05) is 5.21 Å². The Labute approximate surface area is 95.0 Å². The molecule has 2 aromatic heterocycles. The number of hydrogen-bond donors (Lipinski definition) is 3. The molecule has 1 fully saturated rings. The zero-order valence-corrected chi connectivity index (χ0v) is 9.06. The second-order valence-electron chi connectivity index (χ2n) is 4.12. The molecule has 0 unspecified atom stereocenters. The van der Waals surface area contributed by atoms with Crippen LogP contribution in [0.3, 0.4) is 0 Å². The Balaban J connectivity index is 2.20. The van der Waals surface area contributed by atoms with Gasteiger partial charge in [0.25, 0.3) is 11.1 Å². The smallest absolute Gasteiger partial charge is 0.292 e. The lowest BCUT2D eigenvalue weighted by Crippen LogP contribution is -2.31. The van der Waals surface area contributed by atoms with Crippen LogP contribution in [0.1, 0.15) is 18.9 Å². The fourth-order valence-corrected chi connectivity index (χ4v) is 2.20. The number of piperidine rings is 1. The number of fused-ring (bicyclic) bond motifs is 1. The van der Waals surface area contributed by atoms with Crippen LogP contribution in [0.25, 0.3) is 11.0 Å². The van der Waals surface area contributed by atoms with Crippen LogP contribution in [0.2, 0.25) is 0 Å². The van der Waals surface area contributed by atoms with Gasteiger partial charge in [-0.05, 0) is 25.9 Å². The van der Waals surface area contributed by atoms with Gasteiger partial charge in [-0.3, -0.25) is 19.8 Å². The first-order chi connectivity index (χ1) is 8.27. The molecule has 8 nitrogen and oxygen atoms in total. The Morgan fingerprint density at radius 3 is 2.59 bits per heavy atom. The van der Waals surface area contributed by atoms with Crippen molar-refractivity contribution < 1.29 is 0 Å². The lowest BCUT2D eigenvalue weighted by Gasteiger charge is -2.22. The summed E-state index contributed by atoms with van der Waals surface area (Å²) in [5, 5.41) is 15.5. The standard InChI is InChI=1S/C9H12N6O2/c16-8-6-7(9(17)13-12-8)15(14-11-6)5-1-3-10-4-2-5/h5,10H,1-4H2,(H,12,16)(H,13,17). The Morgan fingerprint density at radius 2 is 1.82 bits per heavy atom. The zero-order chi connectivity index (χ0) is 11.8. The van der Waals surface area contributed by atoms with Gasteiger partial charge in [0.1, 0.15) is 0 Å². The molecule has 3 rings (SSSR count). The number of hydrogen-bond acceptors (Lipinski definition) is 5. The van der Waals surface area contributed by atoms with E-state index in [2.05, 4.69) is 25.8 Å². The van der Waals surface area contributed by atoms with Crippen LogP contribution in [-0.2, 0) is 0 Å². The topological polar surface area (TPSA) is 108 Å². The summed E-state index contributed by atoms with van der Waals surface area (Å²) in [7, 11) is 0. The highest BCUT2D eigenvalue weighted by molar-refractivity contribution is 5.71. The molecule has 0 amide bonds. The molecule has 0 aromatic carbocycles. The molecule has 0 spiro atoms. The Hall–Kier alpha value is -1.96. The molecule has 2 aromatic rings. The monoisotopic (exact) mass is 236 g/mol. The van der Waals surface area contributed by atoms with Gasteiger partial charge in [0.15, 0.2) is 11.0 Å². The Kier molecular flexibility index (Phi) is 2.29. The van der Waals surface area contributed by atoms with E-state index in [0.29, 0.717) is 0 Å². The van der Waals surface area contributed by atoms with Gasteiger partial charge in [-0.25, -0.2) is 4.68 Å². The quantitative estimate of drug-likeness (QED) is 0.572. The predicted octanol–water partition coefficient (Wildman–Crippen LogP) is -1.27. The first-order valence-electron chi connectivity index (χ1n) is 5.54. The van der Waals surface area contributed by atoms with Gasteiger partial charge < -0.3 is 5.32 Å². The minimum absolute atomic E-state index is 0.104. The highest BCUT2D eigenvalue weighted by Gasteiger charge is 2.21. The van der Waals surface area contributed by atoms with Crippen LogP contribution >= 0.6 is 0 Å². The number of nitrogens with zero attached hydrogens (tertiary/aromatic N) is 3. The van der Waals surface area contributed by atoms with Crippen molar-refractivity contribution in [3.05, 3.63) is 20.7 Å². The van der Waals surface area contributed by atoms with E-state index in [4.69, 9.17) is 0 Å². The molecular formula is C9H12N6O2. The van der Waals surface area contributed by atoms with E-state index in [-0.39, 0.29) is 22.6 Å². The summed E-state index contributed by atoms with van der Waals surface area (Å²) >= 11 is 0. The molecule has 3 N–H and O–H groups in total. The molecule has 90 valence electrons. The van der Waals surface area contributed by atoms with E-state index in [0.717, 1.165) is 25.9 Å². The molecule has 0 atom stereocenters. The second kappa shape index (κ2) is 3.81. The number of aromatic amines is 2. The third-order valence-corrected chi connectivity index (χ3v) is 3.07. The largest absolute Gasteiger partial charge is 0.317 e. The van der Waals surface area contributed by atoms with E-state index in [1.54, 1.807) is 4.68 Å². The Bertz CT molecular complexity index is 647. The normalized spacial score (nSPS) is 17.6. The average molecular weight is 236 g/mol. The molecule has 1 saturated heterocycles. The molecular weight excluding hydrogens is 224 g/mol. The maximum atomic E-state index is 11.7. The van der Waals surface area contributed by atoms with Gasteiger partial charge in [-0.15, -0.1) is 5.10 Å². The predicted molar refractivity (Wildman–Crippen MR) is 59.9 cm³/mol. The van der Waals surface area contributed by atoms with Crippen molar-refractivity contribution in [3.8, 4) is 0 Å². The van der Waals surface area contributed by atoms with Crippen molar-refractivity contribution in [1.82, 2.24) is 30.5 Å². The summed E-state index contributed by atoms with van der Waals surface area (Å²) in [4.78, 5) is 23.2. The molecule has 1 aliphatic heterocycles. The van der Waals surface area contributed by atoms with Crippen LogP contribution in [0, 0.1) is 0 Å². The van der Waals surface area contributed by atoms with Crippen LogP contribution in [0.4, 0.5) is 0 Å². The summed E-state index contributed by atoms with van der Waals surface area (Å²) in [6.45, 7) is 1.76. The molecule has 8 heteroatoms. The van der Waals surface area contributed by atoms with E-state index >= 15 is 0 Å². The first-order valence-corrected chi connectivity index (χ1v) is 5.54. The van der Waals surface area contributed by atoms with Crippen LogP contribution in [0.5, 0.6) is 0 Å². The van der Waals surface area contributed by atoms with E-state index in [9.17, 15) is 9.59 Å². The lowest BCUT2D eigenvalue weighted by molar-refractivity contribution is 0.344. The fourth-order valence-electron chi connectivity index (χ4n) is 2.20. The molecule has 0 saturated carbocycles. The number of nitrogens with one attached hydrogen (secondary N) is 3. The van der Waals surface area contributed by atoms with Crippen molar-refractivity contribution in [2.45, 2.75) is 18.9 Å². The Morgan fingerprint density at radius 1 is 1.12 bits per heavy atom. The number of rotatable bonds is 1. The van der Waals surface area contributed by atoms with Gasteiger partial charge in [0, 0.05) is 0 Å². The summed E-state index contributed by atoms with van der Waals surface area (Å²) in [6.07, 6.45) is 1.76. The molecule has 0 aliphatic carbocycles. The highest BCUT2D eigenvalue weighted by atomic mass is 16.1. The van der Waals surface area contributed by atoms with E-state index < -0.39 is 5.56 Å². The van der Waals surface area contributed by atoms with Gasteiger partial charge in [0.05, 0.1) is 6.04 Å². The van der Waals surface area contributed by atoms with Crippen molar-refractivity contribution in [2.24, 2.45) is 0 Å². The second-order valence-corrected chi connectivity index (χ2v) is 4.12. The molecule has 1 aliphatic rings. The maximum absolute atomic E-state index is 11.7. The molecule has 0 bridgehead atoms. The first kappa shape index (κ1) is 10.2. The fraction of sp³-hybridized carbons (Fsp3) is 0.556. The van der Waals surface area contributed by atoms with Crippen LogP contribution in [0.15, 0.2) is 9.59 Å². The molecule has 0 radical (unpaired) electrons. The zero-order valence-electron chi connectivity index (χ0n) is 9.06. The average Bonchev–Trinajstić information content (AvgIpc) is 2.81. The third-order valence-electron chi connectivity index (χ3n) is 3.07. The van der Waals surface area contributed by atoms with Crippen molar-refractivity contribution in [1.29, 1.82) is 0 Å². The van der Waals surface area contributed by atoms with Gasteiger partial charge in [0.2, 0.25) is 0 Å². The lowest BCUT2D eigenvalue weighted by atomic mass is 10.1. The highest BCUT2D eigenvalue weighted by Crippen LogP contribution is 2.19. The summed E-state index contributed by atoms with van der Waals surface area (Å²) < 4.78 is 1.57.